The lowest BCUT2D eigenvalue weighted by Crippen LogP contribution is -2.49. The molecule has 2 aliphatic rings. The second-order valence-corrected chi connectivity index (χ2v) is 12.0. The minimum Gasteiger partial charge on any atom is -0.491 e. The molecule has 13 nitrogen and oxygen atoms in total. The first-order valence-electron chi connectivity index (χ1n) is 15.8. The zero-order chi connectivity index (χ0) is 34.3. The molecule has 0 spiro atoms. The highest BCUT2D eigenvalue weighted by atomic mass is 35.5. The Balaban J connectivity index is 1.01. The standard InChI is InChI=1S/C34H35ClFN9O4/c1-2-31(46)41-29-17-25-28(38-21-39-33(25)40-22-5-7-27(36)26(35)16-22)18-30(29)49-15-3-9-43-11-13-44(14-12-43)20-23-4-6-24(19-37-23)45-10-8-32(47)42-34(45)48/h2,4-7,16-19,21H,1,3,8-15,20H2,(H,41,46)(H,38,39,40)(H,42,47,48). The summed E-state index contributed by atoms with van der Waals surface area (Å²) in [6.45, 7) is 9.47. The number of nitrogens with zero attached hydrogens (tertiary/aromatic N) is 6. The highest BCUT2D eigenvalue weighted by Crippen LogP contribution is 2.34. The van der Waals surface area contributed by atoms with Gasteiger partial charge in [0.15, 0.2) is 0 Å². The van der Waals surface area contributed by atoms with Crippen molar-refractivity contribution in [3.05, 3.63) is 84.2 Å². The Labute approximate surface area is 287 Å². The zero-order valence-electron chi connectivity index (χ0n) is 26.6. The zero-order valence-corrected chi connectivity index (χ0v) is 27.4. The number of rotatable bonds is 12. The number of fused-ring (bicyclic) bond motifs is 1. The topological polar surface area (TPSA) is 145 Å². The summed E-state index contributed by atoms with van der Waals surface area (Å²) >= 11 is 5.95. The third kappa shape index (κ3) is 8.46. The van der Waals surface area contributed by atoms with Gasteiger partial charge in [0.25, 0.3) is 0 Å². The molecule has 2 aromatic heterocycles. The van der Waals surface area contributed by atoms with E-state index in [4.69, 9.17) is 16.3 Å². The summed E-state index contributed by atoms with van der Waals surface area (Å²) in [7, 11) is 0. The van der Waals surface area contributed by atoms with Crippen LogP contribution in [0.5, 0.6) is 5.75 Å². The van der Waals surface area contributed by atoms with Gasteiger partial charge in [-0.1, -0.05) is 18.2 Å². The van der Waals surface area contributed by atoms with Crippen LogP contribution in [-0.4, -0.2) is 88.5 Å². The number of hydrogen-bond donors (Lipinski definition) is 3. The molecule has 3 N–H and O–H groups in total. The summed E-state index contributed by atoms with van der Waals surface area (Å²) in [6.07, 6.45) is 5.31. The van der Waals surface area contributed by atoms with E-state index in [9.17, 15) is 18.8 Å². The molecule has 0 bridgehead atoms. The van der Waals surface area contributed by atoms with Gasteiger partial charge in [-0.2, -0.15) is 0 Å². The van der Waals surface area contributed by atoms with Gasteiger partial charge in [0.05, 0.1) is 40.4 Å². The van der Waals surface area contributed by atoms with Crippen LogP contribution in [0.15, 0.2) is 67.6 Å². The van der Waals surface area contributed by atoms with Crippen LogP contribution in [0.2, 0.25) is 5.02 Å². The number of imide groups is 1. The number of piperazine rings is 1. The summed E-state index contributed by atoms with van der Waals surface area (Å²) < 4.78 is 19.8. The van der Waals surface area contributed by atoms with Crippen molar-refractivity contribution in [2.75, 3.05) is 61.4 Å². The lowest BCUT2D eigenvalue weighted by atomic mass is 10.1. The van der Waals surface area contributed by atoms with Gasteiger partial charge in [0.1, 0.15) is 23.7 Å². The number of anilines is 4. The number of ether oxygens (including phenoxy) is 1. The molecule has 0 radical (unpaired) electrons. The maximum Gasteiger partial charge on any atom is 0.328 e. The molecular formula is C34H35ClFN9O4. The van der Waals surface area contributed by atoms with Gasteiger partial charge in [-0.25, -0.2) is 19.2 Å². The van der Waals surface area contributed by atoms with Crippen LogP contribution in [0.25, 0.3) is 10.9 Å². The number of hydrogen-bond acceptors (Lipinski definition) is 10. The summed E-state index contributed by atoms with van der Waals surface area (Å²) in [5.74, 6) is -0.263. The summed E-state index contributed by atoms with van der Waals surface area (Å²) in [6, 6.07) is 11.1. The van der Waals surface area contributed by atoms with E-state index in [1.807, 2.05) is 12.1 Å². The molecule has 0 atom stereocenters. The van der Waals surface area contributed by atoms with E-state index in [1.165, 1.54) is 29.4 Å². The normalized spacial score (nSPS) is 15.6. The first-order chi connectivity index (χ1) is 23.7. The highest BCUT2D eigenvalue weighted by molar-refractivity contribution is 6.31. The Hall–Kier alpha value is -5.18. The number of halogens is 2. The molecule has 15 heteroatoms. The Morgan fingerprint density at radius 3 is 2.59 bits per heavy atom. The fourth-order valence-corrected chi connectivity index (χ4v) is 5.83. The number of carbonyl (C=O) groups excluding carboxylic acids is 3. The van der Waals surface area contributed by atoms with Crippen molar-refractivity contribution in [1.82, 2.24) is 30.1 Å². The van der Waals surface area contributed by atoms with E-state index in [0.717, 1.165) is 44.8 Å². The van der Waals surface area contributed by atoms with Gasteiger partial charge in [0.2, 0.25) is 11.8 Å². The molecule has 2 fully saturated rings. The van der Waals surface area contributed by atoms with Gasteiger partial charge in [-0.15, -0.1) is 0 Å². The number of amides is 4. The summed E-state index contributed by atoms with van der Waals surface area (Å²) in [5.41, 5.74) is 3.16. The predicted molar refractivity (Wildman–Crippen MR) is 185 cm³/mol. The van der Waals surface area contributed by atoms with Gasteiger partial charge in [-0.05, 0) is 48.9 Å². The van der Waals surface area contributed by atoms with E-state index < -0.39 is 17.8 Å². The smallest absolute Gasteiger partial charge is 0.328 e. The van der Waals surface area contributed by atoms with Crippen molar-refractivity contribution in [3.8, 4) is 5.75 Å². The van der Waals surface area contributed by atoms with Crippen molar-refractivity contribution in [2.45, 2.75) is 19.4 Å². The molecule has 0 unspecified atom stereocenters. The number of pyridine rings is 1. The number of carbonyl (C=O) groups is 3. The van der Waals surface area contributed by atoms with E-state index in [-0.39, 0.29) is 17.4 Å². The predicted octanol–water partition coefficient (Wildman–Crippen LogP) is 4.72. The first kappa shape index (κ1) is 33.7. The second-order valence-electron chi connectivity index (χ2n) is 11.6. The molecule has 2 aliphatic heterocycles. The largest absolute Gasteiger partial charge is 0.491 e. The molecule has 2 aromatic carbocycles. The Morgan fingerprint density at radius 2 is 1.86 bits per heavy atom. The average Bonchev–Trinajstić information content (AvgIpc) is 3.10. The van der Waals surface area contributed by atoms with Crippen LogP contribution in [0.1, 0.15) is 18.5 Å². The van der Waals surface area contributed by atoms with E-state index in [1.54, 1.807) is 24.4 Å². The number of aromatic nitrogens is 3. The summed E-state index contributed by atoms with van der Waals surface area (Å²) in [4.78, 5) is 55.3. The Bertz CT molecular complexity index is 1870. The fraction of sp³-hybridized carbons (Fsp3) is 0.294. The maximum atomic E-state index is 13.7. The molecular weight excluding hydrogens is 653 g/mol. The monoisotopic (exact) mass is 687 g/mol. The third-order valence-electron chi connectivity index (χ3n) is 8.26. The summed E-state index contributed by atoms with van der Waals surface area (Å²) in [5, 5.41) is 8.87. The van der Waals surface area contributed by atoms with Crippen LogP contribution >= 0.6 is 11.6 Å². The van der Waals surface area contributed by atoms with E-state index >= 15 is 0 Å². The maximum absolute atomic E-state index is 13.7. The third-order valence-corrected chi connectivity index (χ3v) is 8.55. The van der Waals surface area contributed by atoms with Crippen LogP contribution in [0.3, 0.4) is 0 Å². The quantitative estimate of drug-likeness (QED) is 0.141. The molecule has 0 saturated carbocycles. The van der Waals surface area contributed by atoms with Crippen LogP contribution in [0, 0.1) is 5.82 Å². The van der Waals surface area contributed by atoms with E-state index in [0.29, 0.717) is 59.2 Å². The molecule has 4 heterocycles. The highest BCUT2D eigenvalue weighted by Gasteiger charge is 2.25. The van der Waals surface area contributed by atoms with Crippen molar-refractivity contribution < 1.29 is 23.5 Å². The Morgan fingerprint density at radius 1 is 1.04 bits per heavy atom. The van der Waals surface area contributed by atoms with Crippen LogP contribution in [-0.2, 0) is 16.1 Å². The molecule has 49 heavy (non-hydrogen) atoms. The average molecular weight is 688 g/mol. The minimum absolute atomic E-state index is 0.0218. The van der Waals surface area contributed by atoms with Crippen molar-refractivity contribution >= 4 is 63.2 Å². The van der Waals surface area contributed by atoms with Crippen molar-refractivity contribution in [1.29, 1.82) is 0 Å². The van der Waals surface area contributed by atoms with Gasteiger partial charge in [-0.3, -0.25) is 29.7 Å². The Kier molecular flexibility index (Phi) is 10.6. The lowest BCUT2D eigenvalue weighted by molar-refractivity contribution is -0.120. The van der Waals surface area contributed by atoms with Gasteiger partial charge < -0.3 is 20.3 Å². The number of nitrogens with one attached hydrogen (secondary N) is 3. The number of benzene rings is 2. The SMILES string of the molecule is C=CC(=O)Nc1cc2c(Nc3ccc(F)c(Cl)c3)ncnc2cc1OCCCN1CCN(Cc2ccc(N3CCC(=O)NC3=O)cn2)CC1. The molecule has 2 saturated heterocycles. The van der Waals surface area contributed by atoms with Crippen LogP contribution < -0.4 is 25.6 Å². The lowest BCUT2D eigenvalue weighted by Gasteiger charge is -2.34. The van der Waals surface area contributed by atoms with E-state index in [2.05, 4.69) is 47.3 Å². The molecule has 4 amide bonds. The second kappa shape index (κ2) is 15.4. The van der Waals surface area contributed by atoms with Crippen molar-refractivity contribution in [3.63, 3.8) is 0 Å². The molecule has 0 aliphatic carbocycles. The van der Waals surface area contributed by atoms with Gasteiger partial charge in [0, 0.05) is 69.4 Å². The minimum atomic E-state index is -0.526. The van der Waals surface area contributed by atoms with Gasteiger partial charge >= 0.3 is 6.03 Å². The molecule has 4 aromatic rings. The first-order valence-corrected chi connectivity index (χ1v) is 16.2. The number of urea groups is 1. The fourth-order valence-electron chi connectivity index (χ4n) is 5.65. The molecule has 254 valence electrons. The van der Waals surface area contributed by atoms with Crippen LogP contribution in [0.4, 0.5) is 32.1 Å². The molecule has 6 rings (SSSR count). The van der Waals surface area contributed by atoms with Crippen molar-refractivity contribution in [2.24, 2.45) is 0 Å².